The first kappa shape index (κ1) is 20.1. The van der Waals surface area contributed by atoms with Crippen LogP contribution >= 0.6 is 11.6 Å². The van der Waals surface area contributed by atoms with Gasteiger partial charge in [0.15, 0.2) is 0 Å². The van der Waals surface area contributed by atoms with Gasteiger partial charge in [-0.3, -0.25) is 9.48 Å². The van der Waals surface area contributed by atoms with Crippen LogP contribution < -0.4 is 0 Å². The Hall–Kier alpha value is -3.14. The van der Waals surface area contributed by atoms with Gasteiger partial charge in [-0.15, -0.1) is 0 Å². The molecule has 152 valence electrons. The van der Waals surface area contributed by atoms with Crippen molar-refractivity contribution in [1.29, 1.82) is 5.26 Å². The maximum atomic E-state index is 13.2. The molecule has 6 nitrogen and oxygen atoms in total. The van der Waals surface area contributed by atoms with Gasteiger partial charge in [-0.1, -0.05) is 23.7 Å². The molecule has 0 radical (unpaired) electrons. The highest BCUT2D eigenvalue weighted by Gasteiger charge is 2.31. The van der Waals surface area contributed by atoms with Gasteiger partial charge in [0.25, 0.3) is 5.91 Å². The number of benzene rings is 2. The van der Waals surface area contributed by atoms with Crippen LogP contribution in [0.1, 0.15) is 45.7 Å². The lowest BCUT2D eigenvalue weighted by Crippen LogP contribution is -2.41. The fraction of sp³-hybridized carbons (Fsp3) is 0.261. The number of nitrogens with zero attached hydrogens (tertiary/aromatic N) is 4. The fourth-order valence-electron chi connectivity index (χ4n) is 4.00. The molecule has 30 heavy (non-hydrogen) atoms. The summed E-state index contributed by atoms with van der Waals surface area (Å²) < 4.78 is 1.77. The van der Waals surface area contributed by atoms with Gasteiger partial charge in [0.05, 0.1) is 30.0 Å². The van der Waals surface area contributed by atoms with Gasteiger partial charge in [0.1, 0.15) is 5.69 Å². The van der Waals surface area contributed by atoms with Gasteiger partial charge in [0.2, 0.25) is 0 Å². The largest absolute Gasteiger partial charge is 0.392 e. The molecule has 1 atom stereocenters. The molecular weight excluding hydrogens is 400 g/mol. The zero-order valence-corrected chi connectivity index (χ0v) is 17.5. The van der Waals surface area contributed by atoms with Gasteiger partial charge in [-0.05, 0) is 60.9 Å². The van der Waals surface area contributed by atoms with Gasteiger partial charge in [-0.25, -0.2) is 0 Å². The maximum Gasteiger partial charge on any atom is 0.272 e. The van der Waals surface area contributed by atoms with Crippen molar-refractivity contribution in [2.75, 3.05) is 6.54 Å². The Morgan fingerprint density at radius 3 is 2.67 bits per heavy atom. The molecule has 3 aromatic rings. The third-order valence-corrected chi connectivity index (χ3v) is 5.63. The number of rotatable bonds is 4. The molecule has 1 aliphatic heterocycles. The number of carbonyl (C=O) groups excluding carboxylic acids is 1. The van der Waals surface area contributed by atoms with Crippen LogP contribution in [0.4, 0.5) is 0 Å². The molecule has 2 heterocycles. The monoisotopic (exact) mass is 420 g/mol. The number of amides is 1. The Bertz CT molecular complexity index is 1160. The molecule has 7 heteroatoms. The summed E-state index contributed by atoms with van der Waals surface area (Å²) in [4.78, 5) is 15.0. The molecule has 1 aliphatic rings. The molecule has 0 bridgehead atoms. The first-order valence-electron chi connectivity index (χ1n) is 9.69. The van der Waals surface area contributed by atoms with Crippen molar-refractivity contribution in [3.63, 3.8) is 0 Å². The number of fused-ring (bicyclic) bond motifs is 1. The molecule has 0 saturated heterocycles. The average Bonchev–Trinajstić information content (AvgIpc) is 3.17. The first-order chi connectivity index (χ1) is 14.4. The molecular formula is C23H21ClN4O2. The highest BCUT2D eigenvalue weighted by atomic mass is 35.5. The van der Waals surface area contributed by atoms with Gasteiger partial charge < -0.3 is 10.0 Å². The standard InChI is InChI=1S/C23H21ClN4O2/c1-14-7-19(24)8-18(13-29)22(14)20-9-21-23(30)27(11-15(2)28(21)26-20)12-17-5-3-16(10-25)4-6-17/h3-9,15,29H,11-13H2,1-2H3/t15-/m0/s1. The summed E-state index contributed by atoms with van der Waals surface area (Å²) in [5.41, 5.74) is 5.14. The Balaban J connectivity index is 1.68. The first-order valence-corrected chi connectivity index (χ1v) is 10.1. The van der Waals surface area contributed by atoms with Crippen LogP contribution in [0.2, 0.25) is 5.02 Å². The summed E-state index contributed by atoms with van der Waals surface area (Å²) in [5.74, 6) is -0.0895. The highest BCUT2D eigenvalue weighted by molar-refractivity contribution is 6.30. The van der Waals surface area contributed by atoms with Crippen molar-refractivity contribution in [2.45, 2.75) is 33.0 Å². The Kier molecular flexibility index (Phi) is 5.33. The van der Waals surface area contributed by atoms with E-state index in [0.29, 0.717) is 40.6 Å². The normalized spacial score (nSPS) is 15.8. The van der Waals surface area contributed by atoms with E-state index >= 15 is 0 Å². The Morgan fingerprint density at radius 2 is 2.00 bits per heavy atom. The Labute approximate surface area is 179 Å². The van der Waals surface area contributed by atoms with Crippen LogP contribution in [0.5, 0.6) is 0 Å². The molecule has 0 fully saturated rings. The minimum absolute atomic E-state index is 0.00927. The van der Waals surface area contributed by atoms with E-state index in [1.54, 1.807) is 33.8 Å². The number of hydrogen-bond donors (Lipinski definition) is 1. The number of hydrogen-bond acceptors (Lipinski definition) is 4. The zero-order chi connectivity index (χ0) is 21.4. The topological polar surface area (TPSA) is 82.2 Å². The van der Waals surface area contributed by atoms with Gasteiger partial charge in [0, 0.05) is 23.7 Å². The fourth-order valence-corrected chi connectivity index (χ4v) is 4.29. The van der Waals surface area contributed by atoms with Crippen molar-refractivity contribution >= 4 is 17.5 Å². The second-order valence-corrected chi connectivity index (χ2v) is 8.05. The third kappa shape index (κ3) is 3.58. The molecule has 4 rings (SSSR count). The minimum atomic E-state index is -0.159. The van der Waals surface area contributed by atoms with Crippen molar-refractivity contribution in [2.24, 2.45) is 0 Å². The quantitative estimate of drug-likeness (QED) is 0.689. The summed E-state index contributed by atoms with van der Waals surface area (Å²) in [6, 6.07) is 14.7. The molecule has 0 aliphatic carbocycles. The predicted octanol–water partition coefficient (Wildman–Crippen LogP) is 4.09. The summed E-state index contributed by atoms with van der Waals surface area (Å²) in [5, 5.41) is 24.0. The van der Waals surface area contributed by atoms with Gasteiger partial charge >= 0.3 is 0 Å². The van der Waals surface area contributed by atoms with Crippen LogP contribution in [-0.2, 0) is 13.2 Å². The number of aliphatic hydroxyl groups excluding tert-OH is 1. The van der Waals surface area contributed by atoms with Crippen LogP contribution in [-0.4, -0.2) is 32.2 Å². The highest BCUT2D eigenvalue weighted by Crippen LogP contribution is 2.33. The lowest BCUT2D eigenvalue weighted by Gasteiger charge is -2.31. The molecule has 1 aromatic heterocycles. The van der Waals surface area contributed by atoms with E-state index in [4.69, 9.17) is 22.0 Å². The van der Waals surface area contributed by atoms with E-state index in [0.717, 1.165) is 16.7 Å². The van der Waals surface area contributed by atoms with E-state index in [1.165, 1.54) is 0 Å². The number of nitriles is 1. The number of aliphatic hydroxyl groups is 1. The summed E-state index contributed by atoms with van der Waals surface area (Å²) in [6.45, 7) is 4.80. The smallest absolute Gasteiger partial charge is 0.272 e. The molecule has 1 amide bonds. The zero-order valence-electron chi connectivity index (χ0n) is 16.8. The summed E-state index contributed by atoms with van der Waals surface area (Å²) in [6.07, 6.45) is 0. The van der Waals surface area contributed by atoms with E-state index < -0.39 is 0 Å². The second-order valence-electron chi connectivity index (χ2n) is 7.62. The third-order valence-electron chi connectivity index (χ3n) is 5.41. The van der Waals surface area contributed by atoms with Crippen molar-refractivity contribution in [3.05, 3.63) is 75.4 Å². The van der Waals surface area contributed by atoms with Gasteiger partial charge in [-0.2, -0.15) is 10.4 Å². The average molecular weight is 421 g/mol. The van der Waals surface area contributed by atoms with Crippen LogP contribution in [0, 0.1) is 18.3 Å². The van der Waals surface area contributed by atoms with Crippen molar-refractivity contribution in [1.82, 2.24) is 14.7 Å². The van der Waals surface area contributed by atoms with Crippen LogP contribution in [0.3, 0.4) is 0 Å². The van der Waals surface area contributed by atoms with E-state index in [-0.39, 0.29) is 18.6 Å². The van der Waals surface area contributed by atoms with E-state index in [1.807, 2.05) is 32.0 Å². The number of halogens is 1. The number of carbonyl (C=O) groups is 1. The molecule has 1 N–H and O–H groups in total. The van der Waals surface area contributed by atoms with Crippen molar-refractivity contribution < 1.29 is 9.90 Å². The summed E-state index contributed by atoms with van der Waals surface area (Å²) in [7, 11) is 0. The van der Waals surface area contributed by atoms with Crippen LogP contribution in [0.15, 0.2) is 42.5 Å². The lowest BCUT2D eigenvalue weighted by molar-refractivity contribution is 0.0651. The number of aryl methyl sites for hydroxylation is 1. The second kappa shape index (κ2) is 7.94. The van der Waals surface area contributed by atoms with Crippen LogP contribution in [0.25, 0.3) is 11.3 Å². The minimum Gasteiger partial charge on any atom is -0.392 e. The molecule has 2 aromatic carbocycles. The SMILES string of the molecule is Cc1cc(Cl)cc(CO)c1-c1cc2n(n1)[C@@H](C)CN(Cc1ccc(C#N)cc1)C2=O. The maximum absolute atomic E-state index is 13.2. The van der Waals surface area contributed by atoms with Crippen molar-refractivity contribution in [3.8, 4) is 17.3 Å². The van der Waals surface area contributed by atoms with E-state index in [2.05, 4.69) is 6.07 Å². The molecule has 0 unspecified atom stereocenters. The van der Waals surface area contributed by atoms with E-state index in [9.17, 15) is 9.90 Å². The lowest BCUT2D eigenvalue weighted by atomic mass is 9.99. The molecule has 0 saturated carbocycles. The Morgan fingerprint density at radius 1 is 1.27 bits per heavy atom. The number of aromatic nitrogens is 2. The predicted molar refractivity (Wildman–Crippen MR) is 114 cm³/mol. The molecule has 0 spiro atoms. The summed E-state index contributed by atoms with van der Waals surface area (Å²) >= 11 is 6.14.